The second kappa shape index (κ2) is 14.5. The van der Waals surface area contributed by atoms with E-state index in [1.807, 2.05) is 0 Å². The Balaban J connectivity index is 1.89. The van der Waals surface area contributed by atoms with Gasteiger partial charge in [-0.3, -0.25) is 0 Å². The zero-order chi connectivity index (χ0) is 17.5. The monoisotopic (exact) mass is 335 g/mol. The summed E-state index contributed by atoms with van der Waals surface area (Å²) in [4.78, 5) is 3.42. The Morgan fingerprint density at radius 1 is 0.792 bits per heavy atom. The third-order valence-corrected chi connectivity index (χ3v) is 5.44. The minimum absolute atomic E-state index is 0.706. The molecule has 0 spiro atoms. The molecule has 1 N–H and O–H groups in total. The topological polar surface area (TPSA) is 19.7 Å². The molecule has 0 saturated carbocycles. The van der Waals surface area contributed by atoms with Crippen molar-refractivity contribution in [2.45, 2.75) is 116 Å². The number of H-pyrrole nitrogens is 1. The Hall–Kier alpha value is -0.790. The highest BCUT2D eigenvalue weighted by atomic mass is 15.0. The van der Waals surface area contributed by atoms with Gasteiger partial charge in [-0.15, -0.1) is 0 Å². The average molecular weight is 336 g/mol. The zero-order valence-corrected chi connectivity index (χ0v) is 16.8. The summed E-state index contributed by atoms with van der Waals surface area (Å²) in [5, 5.41) is 0. The van der Waals surface area contributed by atoms with Crippen LogP contribution in [0.1, 0.15) is 122 Å². The molecule has 140 valence electrons. The van der Waals surface area contributed by atoms with E-state index in [4.69, 9.17) is 0 Å². The van der Waals surface area contributed by atoms with Gasteiger partial charge in [-0.1, -0.05) is 97.3 Å². The molecular formula is C22H43N2+. The van der Waals surface area contributed by atoms with Crippen molar-refractivity contribution in [3.8, 4) is 0 Å². The van der Waals surface area contributed by atoms with Crippen LogP contribution in [0.25, 0.3) is 0 Å². The maximum Gasteiger partial charge on any atom is 0.257 e. The summed E-state index contributed by atoms with van der Waals surface area (Å²) >= 11 is 0. The van der Waals surface area contributed by atoms with Crippen LogP contribution in [0.5, 0.6) is 0 Å². The smallest absolute Gasteiger partial charge is 0.247 e. The Labute approximate surface area is 151 Å². The summed E-state index contributed by atoms with van der Waals surface area (Å²) in [5.41, 5.74) is 0. The van der Waals surface area contributed by atoms with Crippen LogP contribution in [-0.2, 0) is 7.05 Å². The molecule has 0 amide bonds. The van der Waals surface area contributed by atoms with Crippen molar-refractivity contribution in [3.63, 3.8) is 0 Å². The molecule has 0 aromatic carbocycles. The molecule has 0 aliphatic heterocycles. The summed E-state index contributed by atoms with van der Waals surface area (Å²) in [6.07, 6.45) is 25.5. The van der Waals surface area contributed by atoms with Gasteiger partial charge in [-0.25, -0.2) is 9.55 Å². The van der Waals surface area contributed by atoms with Crippen molar-refractivity contribution in [1.29, 1.82) is 0 Å². The fourth-order valence-corrected chi connectivity index (χ4v) is 3.77. The van der Waals surface area contributed by atoms with Gasteiger partial charge in [0.25, 0.3) is 5.82 Å². The SMILES string of the molecule is CCCCCCCCCCCCCCC[C@H](CC)c1[nH]cc[n+]1C. The summed E-state index contributed by atoms with van der Waals surface area (Å²) in [6, 6.07) is 0. The van der Waals surface area contributed by atoms with E-state index >= 15 is 0 Å². The number of rotatable bonds is 16. The number of nitrogens with one attached hydrogen (secondary N) is 1. The number of imidazole rings is 1. The second-order valence-corrected chi connectivity index (χ2v) is 7.59. The lowest BCUT2D eigenvalue weighted by atomic mass is 9.97. The standard InChI is InChI=1S/C22H42N2/c1-4-6-7-8-9-10-11-12-13-14-15-16-17-18-21(5-2)22-23-19-20-24(22)3/h19-21H,4-18H2,1-3H3/p+1/t21-/m0/s1. The number of unbranched alkanes of at least 4 members (excludes halogenated alkanes) is 12. The minimum Gasteiger partial charge on any atom is -0.247 e. The van der Waals surface area contributed by atoms with Crippen molar-refractivity contribution in [1.82, 2.24) is 4.98 Å². The molecular weight excluding hydrogens is 292 g/mol. The number of aryl methyl sites for hydroxylation is 1. The lowest BCUT2D eigenvalue weighted by Gasteiger charge is -2.10. The molecule has 1 rings (SSSR count). The van der Waals surface area contributed by atoms with Gasteiger partial charge in [0.2, 0.25) is 0 Å². The summed E-state index contributed by atoms with van der Waals surface area (Å²) in [7, 11) is 2.15. The second-order valence-electron chi connectivity index (χ2n) is 7.59. The van der Waals surface area contributed by atoms with E-state index in [0.29, 0.717) is 5.92 Å². The molecule has 1 aromatic heterocycles. The van der Waals surface area contributed by atoms with Crippen molar-refractivity contribution in [3.05, 3.63) is 18.2 Å². The van der Waals surface area contributed by atoms with Gasteiger partial charge in [0.1, 0.15) is 12.4 Å². The van der Waals surface area contributed by atoms with Crippen molar-refractivity contribution in [2.24, 2.45) is 7.05 Å². The van der Waals surface area contributed by atoms with Crippen molar-refractivity contribution >= 4 is 0 Å². The maximum atomic E-state index is 3.42. The van der Waals surface area contributed by atoms with Crippen LogP contribution in [0.15, 0.2) is 12.4 Å². The van der Waals surface area contributed by atoms with E-state index in [1.165, 1.54) is 102 Å². The highest BCUT2D eigenvalue weighted by Gasteiger charge is 2.18. The lowest BCUT2D eigenvalue weighted by Crippen LogP contribution is -2.32. The van der Waals surface area contributed by atoms with Gasteiger partial charge in [-0.2, -0.15) is 0 Å². The molecule has 0 aliphatic rings. The predicted octanol–water partition coefficient (Wildman–Crippen LogP) is 6.81. The largest absolute Gasteiger partial charge is 0.257 e. The summed E-state index contributed by atoms with van der Waals surface area (Å²) in [5.74, 6) is 2.11. The van der Waals surface area contributed by atoms with Crippen LogP contribution in [0.3, 0.4) is 0 Å². The van der Waals surface area contributed by atoms with Crippen LogP contribution < -0.4 is 4.57 Å². The molecule has 2 heteroatoms. The first-order valence-corrected chi connectivity index (χ1v) is 10.8. The van der Waals surface area contributed by atoms with E-state index in [9.17, 15) is 0 Å². The fourth-order valence-electron chi connectivity index (χ4n) is 3.77. The molecule has 0 unspecified atom stereocenters. The Kier molecular flexibility index (Phi) is 12.9. The zero-order valence-electron chi connectivity index (χ0n) is 16.8. The third kappa shape index (κ3) is 9.49. The molecule has 2 nitrogen and oxygen atoms in total. The van der Waals surface area contributed by atoms with Crippen LogP contribution in [-0.4, -0.2) is 4.98 Å². The lowest BCUT2D eigenvalue weighted by molar-refractivity contribution is -0.679. The Morgan fingerprint density at radius 2 is 1.29 bits per heavy atom. The van der Waals surface area contributed by atoms with Gasteiger partial charge in [0.15, 0.2) is 0 Å². The normalized spacial score (nSPS) is 12.6. The molecule has 1 heterocycles. The molecule has 0 aliphatic carbocycles. The van der Waals surface area contributed by atoms with E-state index < -0.39 is 0 Å². The quantitative estimate of drug-likeness (QED) is 0.253. The van der Waals surface area contributed by atoms with Crippen LogP contribution in [0, 0.1) is 0 Å². The van der Waals surface area contributed by atoms with Crippen LogP contribution >= 0.6 is 0 Å². The first-order chi connectivity index (χ1) is 11.8. The highest BCUT2D eigenvalue weighted by molar-refractivity contribution is 4.88. The average Bonchev–Trinajstić information content (AvgIpc) is 3.01. The first-order valence-electron chi connectivity index (χ1n) is 10.8. The fraction of sp³-hybridized carbons (Fsp3) is 0.864. The number of hydrogen-bond donors (Lipinski definition) is 1. The highest BCUT2D eigenvalue weighted by Crippen LogP contribution is 2.22. The van der Waals surface area contributed by atoms with Gasteiger partial charge >= 0.3 is 0 Å². The number of nitrogens with zero attached hydrogens (tertiary/aromatic N) is 1. The van der Waals surface area contributed by atoms with E-state index in [0.717, 1.165) is 0 Å². The molecule has 0 fully saturated rings. The summed E-state index contributed by atoms with van der Waals surface area (Å²) < 4.78 is 2.25. The number of aromatic nitrogens is 2. The van der Waals surface area contributed by atoms with Gasteiger partial charge < -0.3 is 0 Å². The predicted molar refractivity (Wildman–Crippen MR) is 105 cm³/mol. The van der Waals surface area contributed by atoms with Crippen LogP contribution in [0.2, 0.25) is 0 Å². The Morgan fingerprint density at radius 3 is 1.71 bits per heavy atom. The minimum atomic E-state index is 0.706. The van der Waals surface area contributed by atoms with Crippen molar-refractivity contribution in [2.75, 3.05) is 0 Å². The molecule has 1 aromatic rings. The molecule has 0 radical (unpaired) electrons. The van der Waals surface area contributed by atoms with Crippen molar-refractivity contribution < 1.29 is 4.57 Å². The first kappa shape index (κ1) is 21.3. The van der Waals surface area contributed by atoms with Gasteiger partial charge in [0, 0.05) is 0 Å². The molecule has 0 bridgehead atoms. The summed E-state index contributed by atoms with van der Waals surface area (Å²) in [6.45, 7) is 4.61. The van der Waals surface area contributed by atoms with E-state index in [1.54, 1.807) is 0 Å². The van der Waals surface area contributed by atoms with Gasteiger partial charge in [-0.05, 0) is 12.8 Å². The maximum absolute atomic E-state index is 3.42. The van der Waals surface area contributed by atoms with E-state index in [-0.39, 0.29) is 0 Å². The third-order valence-electron chi connectivity index (χ3n) is 5.44. The Bertz CT molecular complexity index is 383. The molecule has 24 heavy (non-hydrogen) atoms. The number of aromatic amines is 1. The van der Waals surface area contributed by atoms with E-state index in [2.05, 4.69) is 42.8 Å². The van der Waals surface area contributed by atoms with Crippen LogP contribution in [0.4, 0.5) is 0 Å². The number of hydrogen-bond acceptors (Lipinski definition) is 0. The molecule has 0 saturated heterocycles. The molecule has 1 atom stereocenters. The van der Waals surface area contributed by atoms with Gasteiger partial charge in [0.05, 0.1) is 13.0 Å².